The molecule has 5 nitrogen and oxygen atoms in total. The van der Waals surface area contributed by atoms with Crippen molar-refractivity contribution in [3.05, 3.63) is 59.9 Å². The maximum Gasteiger partial charge on any atom is 0.241 e. The van der Waals surface area contributed by atoms with Crippen LogP contribution in [0.2, 0.25) is 0 Å². The lowest BCUT2D eigenvalue weighted by Gasteiger charge is -2.23. The van der Waals surface area contributed by atoms with E-state index in [2.05, 4.69) is 10.6 Å². The van der Waals surface area contributed by atoms with Crippen LogP contribution in [0.1, 0.15) is 19.4 Å². The van der Waals surface area contributed by atoms with Crippen LogP contribution in [-0.2, 0) is 16.0 Å². The molecule has 0 radical (unpaired) electrons. The maximum absolute atomic E-state index is 12.9. The topological polar surface area (TPSA) is 61.4 Å². The van der Waals surface area contributed by atoms with Gasteiger partial charge in [-0.2, -0.15) is 0 Å². The molecule has 0 unspecified atom stereocenters. The molecular formula is C20H24FN3O2. The van der Waals surface area contributed by atoms with Gasteiger partial charge in [-0.25, -0.2) is 4.39 Å². The minimum atomic E-state index is -0.521. The number of para-hydroxylation sites is 1. The third-order valence-corrected chi connectivity index (χ3v) is 4.22. The molecule has 0 saturated carbocycles. The number of carbonyl (C=O) groups excluding carboxylic acids is 2. The molecule has 2 aromatic carbocycles. The minimum Gasteiger partial charge on any atom is -0.325 e. The predicted molar refractivity (Wildman–Crippen MR) is 102 cm³/mol. The number of aryl methyl sites for hydroxylation is 1. The monoisotopic (exact) mass is 357 g/mol. The Balaban J connectivity index is 1.90. The number of halogens is 1. The van der Waals surface area contributed by atoms with Crippen LogP contribution in [0.5, 0.6) is 0 Å². The molecule has 0 spiro atoms. The van der Waals surface area contributed by atoms with Gasteiger partial charge in [-0.3, -0.25) is 14.5 Å². The fraction of sp³-hybridized carbons (Fsp3) is 0.300. The van der Waals surface area contributed by atoms with Crippen LogP contribution in [0, 0.1) is 5.82 Å². The SMILES string of the molecule is CCc1ccccc1NC(=O)CN(C)[C@H](C)C(=O)Nc1ccc(F)cc1. The van der Waals surface area contributed by atoms with Crippen molar-refractivity contribution in [3.8, 4) is 0 Å². The summed E-state index contributed by atoms with van der Waals surface area (Å²) in [4.78, 5) is 26.2. The second-order valence-electron chi connectivity index (χ2n) is 6.15. The minimum absolute atomic E-state index is 0.0794. The Hall–Kier alpha value is -2.73. The number of hydrogen-bond acceptors (Lipinski definition) is 3. The fourth-order valence-corrected chi connectivity index (χ4v) is 2.48. The highest BCUT2D eigenvalue weighted by atomic mass is 19.1. The average molecular weight is 357 g/mol. The van der Waals surface area contributed by atoms with E-state index < -0.39 is 6.04 Å². The van der Waals surface area contributed by atoms with Crippen LogP contribution in [0.25, 0.3) is 0 Å². The van der Waals surface area contributed by atoms with E-state index in [1.807, 2.05) is 31.2 Å². The summed E-state index contributed by atoms with van der Waals surface area (Å²) < 4.78 is 12.9. The number of amides is 2. The fourth-order valence-electron chi connectivity index (χ4n) is 2.48. The Kier molecular flexibility index (Phi) is 6.86. The van der Waals surface area contributed by atoms with E-state index in [1.54, 1.807) is 18.9 Å². The smallest absolute Gasteiger partial charge is 0.241 e. The van der Waals surface area contributed by atoms with Crippen LogP contribution >= 0.6 is 0 Å². The highest BCUT2D eigenvalue weighted by Gasteiger charge is 2.20. The largest absolute Gasteiger partial charge is 0.325 e. The summed E-state index contributed by atoms with van der Waals surface area (Å²) in [7, 11) is 1.71. The molecule has 0 aliphatic heterocycles. The molecule has 2 rings (SSSR count). The molecule has 2 amide bonds. The highest BCUT2D eigenvalue weighted by molar-refractivity contribution is 5.96. The molecule has 0 bridgehead atoms. The summed E-state index contributed by atoms with van der Waals surface area (Å²) in [5.74, 6) is -0.812. The van der Waals surface area contributed by atoms with Crippen molar-refractivity contribution in [2.45, 2.75) is 26.3 Å². The first-order valence-electron chi connectivity index (χ1n) is 8.55. The number of carbonyl (C=O) groups is 2. The average Bonchev–Trinajstić information content (AvgIpc) is 2.63. The molecule has 1 atom stereocenters. The van der Waals surface area contributed by atoms with Gasteiger partial charge in [0.05, 0.1) is 12.6 Å². The normalized spacial score (nSPS) is 11.9. The van der Waals surface area contributed by atoms with Crippen LogP contribution in [0.15, 0.2) is 48.5 Å². The Labute approximate surface area is 153 Å². The molecule has 138 valence electrons. The van der Waals surface area contributed by atoms with Crippen molar-refractivity contribution >= 4 is 23.2 Å². The van der Waals surface area contributed by atoms with Crippen molar-refractivity contribution < 1.29 is 14.0 Å². The van der Waals surface area contributed by atoms with Gasteiger partial charge in [0.1, 0.15) is 5.82 Å². The summed E-state index contributed by atoms with van der Waals surface area (Å²) in [6.07, 6.45) is 0.822. The van der Waals surface area contributed by atoms with Crippen LogP contribution in [-0.4, -0.2) is 36.3 Å². The summed E-state index contributed by atoms with van der Waals surface area (Å²) in [5, 5.41) is 5.60. The number of nitrogens with zero attached hydrogens (tertiary/aromatic N) is 1. The van der Waals surface area contributed by atoms with E-state index in [1.165, 1.54) is 24.3 Å². The lowest BCUT2D eigenvalue weighted by atomic mass is 10.1. The van der Waals surface area contributed by atoms with Crippen molar-refractivity contribution in [1.29, 1.82) is 0 Å². The van der Waals surface area contributed by atoms with Crippen molar-refractivity contribution in [1.82, 2.24) is 4.90 Å². The van der Waals surface area contributed by atoms with Gasteiger partial charge in [-0.1, -0.05) is 25.1 Å². The van der Waals surface area contributed by atoms with E-state index in [0.717, 1.165) is 17.7 Å². The van der Waals surface area contributed by atoms with Gasteiger partial charge in [0.25, 0.3) is 0 Å². The first kappa shape index (κ1) is 19.6. The van der Waals surface area contributed by atoms with Gasteiger partial charge in [-0.15, -0.1) is 0 Å². The van der Waals surface area contributed by atoms with E-state index in [-0.39, 0.29) is 24.2 Å². The molecule has 0 heterocycles. The van der Waals surface area contributed by atoms with Gasteiger partial charge >= 0.3 is 0 Å². The first-order valence-corrected chi connectivity index (χ1v) is 8.55. The lowest BCUT2D eigenvalue weighted by molar-refractivity contribution is -0.122. The molecular weight excluding hydrogens is 333 g/mol. The summed E-state index contributed by atoms with van der Waals surface area (Å²) in [5.41, 5.74) is 2.36. The zero-order valence-electron chi connectivity index (χ0n) is 15.3. The van der Waals surface area contributed by atoms with E-state index in [4.69, 9.17) is 0 Å². The Morgan fingerprint density at radius 3 is 2.38 bits per heavy atom. The van der Waals surface area contributed by atoms with E-state index >= 15 is 0 Å². The molecule has 0 aliphatic carbocycles. The molecule has 2 aromatic rings. The van der Waals surface area contributed by atoms with Gasteiger partial charge < -0.3 is 10.6 Å². The Bertz CT molecular complexity index is 762. The van der Waals surface area contributed by atoms with Crippen molar-refractivity contribution in [2.24, 2.45) is 0 Å². The number of nitrogens with one attached hydrogen (secondary N) is 2. The number of likely N-dealkylation sites (N-methyl/N-ethyl adjacent to an activating group) is 1. The summed E-state index contributed by atoms with van der Waals surface area (Å²) >= 11 is 0. The predicted octanol–water partition coefficient (Wildman–Crippen LogP) is 3.29. The van der Waals surface area contributed by atoms with Crippen LogP contribution in [0.3, 0.4) is 0 Å². The zero-order chi connectivity index (χ0) is 19.1. The van der Waals surface area contributed by atoms with Crippen molar-refractivity contribution in [3.63, 3.8) is 0 Å². The zero-order valence-corrected chi connectivity index (χ0v) is 15.3. The van der Waals surface area contributed by atoms with Crippen LogP contribution in [0.4, 0.5) is 15.8 Å². The lowest BCUT2D eigenvalue weighted by Crippen LogP contribution is -2.43. The Morgan fingerprint density at radius 1 is 1.08 bits per heavy atom. The molecule has 6 heteroatoms. The summed E-state index contributed by atoms with van der Waals surface area (Å²) in [6.45, 7) is 3.82. The number of benzene rings is 2. The number of rotatable bonds is 7. The maximum atomic E-state index is 12.9. The van der Waals surface area contributed by atoms with E-state index in [9.17, 15) is 14.0 Å². The molecule has 0 aromatic heterocycles. The number of anilines is 2. The highest BCUT2D eigenvalue weighted by Crippen LogP contribution is 2.15. The molecule has 2 N–H and O–H groups in total. The quantitative estimate of drug-likeness (QED) is 0.799. The van der Waals surface area contributed by atoms with Gasteiger partial charge in [0.15, 0.2) is 0 Å². The standard InChI is InChI=1S/C20H24FN3O2/c1-4-15-7-5-6-8-18(15)23-19(25)13-24(3)14(2)20(26)22-17-11-9-16(21)10-12-17/h5-12,14H,4,13H2,1-3H3,(H,22,26)(H,23,25)/t14-/m1/s1. The molecule has 0 fully saturated rings. The van der Waals surface area contributed by atoms with Gasteiger partial charge in [0, 0.05) is 11.4 Å². The second kappa shape index (κ2) is 9.10. The van der Waals surface area contributed by atoms with Crippen LogP contribution < -0.4 is 10.6 Å². The summed E-state index contributed by atoms with van der Waals surface area (Å²) in [6, 6.07) is 12.7. The molecule has 0 saturated heterocycles. The molecule has 0 aliphatic rings. The van der Waals surface area contributed by atoms with E-state index in [0.29, 0.717) is 5.69 Å². The third kappa shape index (κ3) is 5.39. The third-order valence-electron chi connectivity index (χ3n) is 4.22. The molecule has 26 heavy (non-hydrogen) atoms. The van der Waals surface area contributed by atoms with Gasteiger partial charge in [0.2, 0.25) is 11.8 Å². The second-order valence-corrected chi connectivity index (χ2v) is 6.15. The Morgan fingerprint density at radius 2 is 1.73 bits per heavy atom. The van der Waals surface area contributed by atoms with Crippen molar-refractivity contribution in [2.75, 3.05) is 24.2 Å². The number of hydrogen-bond donors (Lipinski definition) is 2. The first-order chi connectivity index (χ1) is 12.4. The van der Waals surface area contributed by atoms with Gasteiger partial charge in [-0.05, 0) is 56.3 Å².